The first-order valence-corrected chi connectivity index (χ1v) is 8.79. The van der Waals surface area contributed by atoms with E-state index in [1.165, 1.54) is 4.31 Å². The first-order valence-electron chi connectivity index (χ1n) is 7.35. The van der Waals surface area contributed by atoms with Gasteiger partial charge < -0.3 is 9.88 Å². The highest BCUT2D eigenvalue weighted by Crippen LogP contribution is 1.98. The molecule has 1 aromatic rings. The molecule has 0 aliphatic rings. The summed E-state index contributed by atoms with van der Waals surface area (Å²) < 4.78 is 29.9. The van der Waals surface area contributed by atoms with Crippen molar-refractivity contribution in [3.05, 3.63) is 18.2 Å². The second-order valence-corrected chi connectivity index (χ2v) is 6.89. The Morgan fingerprint density at radius 2 is 2.10 bits per heavy atom. The first-order chi connectivity index (χ1) is 9.97. The molecule has 7 nitrogen and oxygen atoms in total. The highest BCUT2D eigenvalue weighted by molar-refractivity contribution is 7.87. The Morgan fingerprint density at radius 1 is 1.33 bits per heavy atom. The van der Waals surface area contributed by atoms with E-state index in [-0.39, 0.29) is 0 Å². The standard InChI is InChI=1S/C13H27N5O2S/c1-4-7-14-8-5-11-18(3)21(19,20)16-9-6-13-15-10-12-17(13)2/h10,12,14,16H,4-9,11H2,1-3H3. The zero-order valence-electron chi connectivity index (χ0n) is 13.2. The van der Waals surface area contributed by atoms with Crippen molar-refractivity contribution in [2.24, 2.45) is 7.05 Å². The van der Waals surface area contributed by atoms with Crippen LogP contribution in [0.25, 0.3) is 0 Å². The summed E-state index contributed by atoms with van der Waals surface area (Å²) in [6, 6.07) is 0. The quantitative estimate of drug-likeness (QED) is 0.568. The summed E-state index contributed by atoms with van der Waals surface area (Å²) in [7, 11) is 0.0946. The maximum Gasteiger partial charge on any atom is 0.279 e. The van der Waals surface area contributed by atoms with Crippen molar-refractivity contribution in [3.63, 3.8) is 0 Å². The van der Waals surface area contributed by atoms with Gasteiger partial charge in [-0.2, -0.15) is 12.7 Å². The van der Waals surface area contributed by atoms with Crippen LogP contribution in [0.4, 0.5) is 0 Å². The molecule has 0 amide bonds. The molecule has 0 unspecified atom stereocenters. The van der Waals surface area contributed by atoms with E-state index in [4.69, 9.17) is 0 Å². The summed E-state index contributed by atoms with van der Waals surface area (Å²) in [5.41, 5.74) is 0. The van der Waals surface area contributed by atoms with Crippen LogP contribution in [-0.4, -0.2) is 55.5 Å². The van der Waals surface area contributed by atoms with Crippen LogP contribution in [0.15, 0.2) is 12.4 Å². The van der Waals surface area contributed by atoms with E-state index in [0.29, 0.717) is 19.5 Å². The molecule has 0 saturated carbocycles. The van der Waals surface area contributed by atoms with Crippen LogP contribution in [0.3, 0.4) is 0 Å². The minimum atomic E-state index is -3.40. The van der Waals surface area contributed by atoms with Crippen molar-refractivity contribution >= 4 is 10.2 Å². The zero-order chi connectivity index (χ0) is 15.7. The number of aryl methyl sites for hydroxylation is 1. The van der Waals surface area contributed by atoms with Crippen LogP contribution >= 0.6 is 0 Å². The number of nitrogens with zero attached hydrogens (tertiary/aromatic N) is 3. The fourth-order valence-electron chi connectivity index (χ4n) is 1.89. The van der Waals surface area contributed by atoms with Crippen LogP contribution in [0.1, 0.15) is 25.6 Å². The molecule has 2 N–H and O–H groups in total. The highest BCUT2D eigenvalue weighted by atomic mass is 32.2. The van der Waals surface area contributed by atoms with E-state index in [2.05, 4.69) is 21.9 Å². The van der Waals surface area contributed by atoms with Gasteiger partial charge in [-0.3, -0.25) is 0 Å². The summed E-state index contributed by atoms with van der Waals surface area (Å²) in [5.74, 6) is 0.865. The van der Waals surface area contributed by atoms with Crippen LogP contribution in [0, 0.1) is 0 Å². The average Bonchev–Trinajstić information content (AvgIpc) is 2.84. The maximum atomic E-state index is 12.0. The molecule has 0 aliphatic heterocycles. The normalized spacial score (nSPS) is 12.2. The lowest BCUT2D eigenvalue weighted by Crippen LogP contribution is -2.40. The van der Waals surface area contributed by atoms with Gasteiger partial charge in [0.05, 0.1) is 0 Å². The minimum Gasteiger partial charge on any atom is -0.338 e. The Hall–Kier alpha value is -0.960. The predicted octanol–water partition coefficient (Wildman–Crippen LogP) is 0.119. The smallest absolute Gasteiger partial charge is 0.279 e. The number of imidazole rings is 1. The van der Waals surface area contributed by atoms with Gasteiger partial charge in [0.25, 0.3) is 10.2 Å². The van der Waals surface area contributed by atoms with Gasteiger partial charge in [0.1, 0.15) is 5.82 Å². The molecule has 0 aliphatic carbocycles. The van der Waals surface area contributed by atoms with Gasteiger partial charge in [0, 0.05) is 46.0 Å². The topological polar surface area (TPSA) is 79.3 Å². The lowest BCUT2D eigenvalue weighted by molar-refractivity contribution is 0.444. The molecule has 8 heteroatoms. The van der Waals surface area contributed by atoms with Crippen molar-refractivity contribution in [2.75, 3.05) is 33.2 Å². The maximum absolute atomic E-state index is 12.0. The predicted molar refractivity (Wildman–Crippen MR) is 84.2 cm³/mol. The first kappa shape index (κ1) is 18.1. The fraction of sp³-hybridized carbons (Fsp3) is 0.769. The van der Waals surface area contributed by atoms with Crippen LogP contribution in [0.5, 0.6) is 0 Å². The summed E-state index contributed by atoms with van der Waals surface area (Å²) in [4.78, 5) is 4.16. The summed E-state index contributed by atoms with van der Waals surface area (Å²) in [6.07, 6.45) is 6.02. The molecular weight excluding hydrogens is 290 g/mol. The van der Waals surface area contributed by atoms with Crippen molar-refractivity contribution in [3.8, 4) is 0 Å². The minimum absolute atomic E-state index is 0.353. The third-order valence-corrected chi connectivity index (χ3v) is 4.79. The van der Waals surface area contributed by atoms with E-state index in [1.54, 1.807) is 13.2 Å². The fourth-order valence-corrected chi connectivity index (χ4v) is 2.84. The van der Waals surface area contributed by atoms with E-state index in [9.17, 15) is 8.42 Å². The van der Waals surface area contributed by atoms with Crippen molar-refractivity contribution < 1.29 is 8.42 Å². The summed E-state index contributed by atoms with van der Waals surface area (Å²) >= 11 is 0. The molecule has 1 aromatic heterocycles. The number of hydrogen-bond donors (Lipinski definition) is 2. The Bertz CT molecular complexity index is 500. The third kappa shape index (κ3) is 6.56. The molecule has 21 heavy (non-hydrogen) atoms. The van der Waals surface area contributed by atoms with Crippen molar-refractivity contribution in [2.45, 2.75) is 26.2 Å². The van der Waals surface area contributed by atoms with Crippen molar-refractivity contribution in [1.29, 1.82) is 0 Å². The van der Waals surface area contributed by atoms with Gasteiger partial charge in [0.15, 0.2) is 0 Å². The number of rotatable bonds is 11. The van der Waals surface area contributed by atoms with Crippen LogP contribution < -0.4 is 10.0 Å². The highest BCUT2D eigenvalue weighted by Gasteiger charge is 2.16. The molecule has 0 spiro atoms. The van der Waals surface area contributed by atoms with Gasteiger partial charge >= 0.3 is 0 Å². The molecule has 0 aromatic carbocycles. The van der Waals surface area contributed by atoms with Gasteiger partial charge in [-0.05, 0) is 25.9 Å². The largest absolute Gasteiger partial charge is 0.338 e. The van der Waals surface area contributed by atoms with Gasteiger partial charge in [-0.25, -0.2) is 9.71 Å². The summed E-state index contributed by atoms with van der Waals surface area (Å²) in [6.45, 7) is 4.77. The number of nitrogens with one attached hydrogen (secondary N) is 2. The molecule has 0 fully saturated rings. The SMILES string of the molecule is CCCNCCCN(C)S(=O)(=O)NCCc1nccn1C. The van der Waals surface area contributed by atoms with E-state index in [0.717, 1.165) is 31.8 Å². The molecule has 122 valence electrons. The van der Waals surface area contributed by atoms with E-state index < -0.39 is 10.2 Å². The summed E-state index contributed by atoms with van der Waals surface area (Å²) in [5, 5.41) is 3.26. The second-order valence-electron chi connectivity index (χ2n) is 5.03. The Labute approximate surface area is 127 Å². The number of aromatic nitrogens is 2. The average molecular weight is 317 g/mol. The zero-order valence-corrected chi connectivity index (χ0v) is 14.0. The van der Waals surface area contributed by atoms with Crippen LogP contribution in [0.2, 0.25) is 0 Å². The van der Waals surface area contributed by atoms with Crippen molar-refractivity contribution in [1.82, 2.24) is 23.9 Å². The Morgan fingerprint density at radius 3 is 2.71 bits per heavy atom. The molecule has 0 atom stereocenters. The van der Waals surface area contributed by atoms with Gasteiger partial charge in [-0.15, -0.1) is 0 Å². The van der Waals surface area contributed by atoms with E-state index in [1.807, 2.05) is 17.8 Å². The monoisotopic (exact) mass is 317 g/mol. The molecule has 0 radical (unpaired) electrons. The third-order valence-electron chi connectivity index (χ3n) is 3.22. The van der Waals surface area contributed by atoms with Gasteiger partial charge in [0.2, 0.25) is 0 Å². The van der Waals surface area contributed by atoms with E-state index >= 15 is 0 Å². The molecule has 0 bridgehead atoms. The lowest BCUT2D eigenvalue weighted by atomic mass is 10.4. The Balaban J connectivity index is 2.26. The lowest BCUT2D eigenvalue weighted by Gasteiger charge is -2.17. The van der Waals surface area contributed by atoms with Crippen LogP contribution in [-0.2, 0) is 23.7 Å². The second kappa shape index (κ2) is 9.14. The molecule has 1 rings (SSSR count). The van der Waals surface area contributed by atoms with Gasteiger partial charge in [-0.1, -0.05) is 6.92 Å². The molecule has 1 heterocycles. The molecule has 0 saturated heterocycles. The Kier molecular flexibility index (Phi) is 7.87. The number of hydrogen-bond acceptors (Lipinski definition) is 4. The molecular formula is C13H27N5O2S.